The molecular formula is C15H22BrClN2. The van der Waals surface area contributed by atoms with E-state index in [-0.39, 0.29) is 6.04 Å². The smallest absolute Gasteiger partial charge is 0.0481 e. The summed E-state index contributed by atoms with van der Waals surface area (Å²) in [5.74, 6) is 0.831. The first-order valence-corrected chi connectivity index (χ1v) is 8.18. The Morgan fingerprint density at radius 1 is 1.42 bits per heavy atom. The summed E-state index contributed by atoms with van der Waals surface area (Å²) in [7, 11) is 0. The van der Waals surface area contributed by atoms with Gasteiger partial charge in [0.05, 0.1) is 0 Å². The lowest BCUT2D eigenvalue weighted by Crippen LogP contribution is -2.34. The topological polar surface area (TPSA) is 29.3 Å². The Labute approximate surface area is 129 Å². The van der Waals surface area contributed by atoms with Crippen LogP contribution in [0.5, 0.6) is 0 Å². The van der Waals surface area contributed by atoms with E-state index in [4.69, 9.17) is 17.3 Å². The first-order valence-electron chi connectivity index (χ1n) is 7.01. The second kappa shape index (κ2) is 7.07. The van der Waals surface area contributed by atoms with Gasteiger partial charge >= 0.3 is 0 Å². The zero-order valence-electron chi connectivity index (χ0n) is 11.4. The van der Waals surface area contributed by atoms with Crippen LogP contribution in [0.25, 0.3) is 0 Å². The fourth-order valence-electron chi connectivity index (χ4n) is 2.84. The second-order valence-corrected chi connectivity index (χ2v) is 6.78. The highest BCUT2D eigenvalue weighted by atomic mass is 79.9. The van der Waals surface area contributed by atoms with Gasteiger partial charge in [-0.05, 0) is 56.0 Å². The molecule has 1 heterocycles. The molecule has 106 valence electrons. The lowest BCUT2D eigenvalue weighted by molar-refractivity contribution is 0.207. The SMILES string of the molecule is CC1CCCN(C(CN)c2ccc(Cl)cc2Br)CC1. The van der Waals surface area contributed by atoms with Crippen molar-refractivity contribution < 1.29 is 0 Å². The summed E-state index contributed by atoms with van der Waals surface area (Å²) in [4.78, 5) is 2.53. The first-order chi connectivity index (χ1) is 9.11. The van der Waals surface area contributed by atoms with Crippen LogP contribution in [0.15, 0.2) is 22.7 Å². The maximum atomic E-state index is 6.03. The molecule has 0 aromatic heterocycles. The Balaban J connectivity index is 2.18. The third kappa shape index (κ3) is 3.94. The minimum absolute atomic E-state index is 0.289. The van der Waals surface area contributed by atoms with E-state index in [0.29, 0.717) is 6.54 Å². The lowest BCUT2D eigenvalue weighted by atomic mass is 10.0. The Morgan fingerprint density at radius 3 is 2.89 bits per heavy atom. The van der Waals surface area contributed by atoms with Crippen molar-refractivity contribution >= 4 is 27.5 Å². The molecule has 2 atom stereocenters. The van der Waals surface area contributed by atoms with Crippen LogP contribution in [0.1, 0.15) is 37.8 Å². The maximum absolute atomic E-state index is 6.03. The molecule has 0 bridgehead atoms. The highest BCUT2D eigenvalue weighted by molar-refractivity contribution is 9.10. The number of hydrogen-bond acceptors (Lipinski definition) is 2. The summed E-state index contributed by atoms with van der Waals surface area (Å²) >= 11 is 9.64. The molecule has 1 fully saturated rings. The van der Waals surface area contributed by atoms with Crippen molar-refractivity contribution in [3.8, 4) is 0 Å². The summed E-state index contributed by atoms with van der Waals surface area (Å²) < 4.78 is 1.06. The van der Waals surface area contributed by atoms with Gasteiger partial charge in [0.25, 0.3) is 0 Å². The normalized spacial score (nSPS) is 23.1. The van der Waals surface area contributed by atoms with Gasteiger partial charge in [0, 0.05) is 22.1 Å². The van der Waals surface area contributed by atoms with E-state index in [1.807, 2.05) is 12.1 Å². The number of nitrogens with zero attached hydrogens (tertiary/aromatic N) is 1. The van der Waals surface area contributed by atoms with Crippen LogP contribution in [0.3, 0.4) is 0 Å². The minimum Gasteiger partial charge on any atom is -0.329 e. The Morgan fingerprint density at radius 2 is 2.21 bits per heavy atom. The molecular weight excluding hydrogens is 324 g/mol. The molecule has 0 aliphatic carbocycles. The standard InChI is InChI=1S/C15H22BrClN2/c1-11-3-2-7-19(8-6-11)15(10-18)13-5-4-12(17)9-14(13)16/h4-5,9,11,15H,2-3,6-8,10,18H2,1H3. The van der Waals surface area contributed by atoms with Gasteiger partial charge in [0.15, 0.2) is 0 Å². The van der Waals surface area contributed by atoms with Crippen LogP contribution in [0.2, 0.25) is 5.02 Å². The molecule has 1 saturated heterocycles. The second-order valence-electron chi connectivity index (χ2n) is 5.49. The van der Waals surface area contributed by atoms with Crippen molar-refractivity contribution in [2.45, 2.75) is 32.2 Å². The van der Waals surface area contributed by atoms with E-state index in [9.17, 15) is 0 Å². The molecule has 1 aliphatic rings. The number of halogens is 2. The number of benzene rings is 1. The van der Waals surface area contributed by atoms with E-state index in [1.54, 1.807) is 0 Å². The number of rotatable bonds is 3. The molecule has 19 heavy (non-hydrogen) atoms. The zero-order chi connectivity index (χ0) is 13.8. The van der Waals surface area contributed by atoms with Gasteiger partial charge < -0.3 is 5.73 Å². The van der Waals surface area contributed by atoms with E-state index < -0.39 is 0 Å². The van der Waals surface area contributed by atoms with Crippen molar-refractivity contribution in [2.24, 2.45) is 11.7 Å². The molecule has 0 spiro atoms. The molecule has 2 unspecified atom stereocenters. The zero-order valence-corrected chi connectivity index (χ0v) is 13.8. The molecule has 1 aromatic carbocycles. The Hall–Kier alpha value is -0.0900. The summed E-state index contributed by atoms with van der Waals surface area (Å²) in [5, 5.41) is 0.760. The molecule has 0 radical (unpaired) electrons. The summed E-state index contributed by atoms with van der Waals surface area (Å²) in [6.45, 7) is 5.27. The van der Waals surface area contributed by atoms with E-state index in [2.05, 4.69) is 33.8 Å². The van der Waals surface area contributed by atoms with Crippen molar-refractivity contribution in [1.29, 1.82) is 0 Å². The van der Waals surface area contributed by atoms with Crippen molar-refractivity contribution in [3.63, 3.8) is 0 Å². The molecule has 2 rings (SSSR count). The fourth-order valence-corrected chi connectivity index (χ4v) is 3.79. The molecule has 1 aliphatic heterocycles. The van der Waals surface area contributed by atoms with Gasteiger partial charge in [0.2, 0.25) is 0 Å². The quantitative estimate of drug-likeness (QED) is 0.888. The van der Waals surface area contributed by atoms with Gasteiger partial charge in [-0.25, -0.2) is 0 Å². The van der Waals surface area contributed by atoms with Gasteiger partial charge in [-0.2, -0.15) is 0 Å². The van der Waals surface area contributed by atoms with Crippen LogP contribution in [-0.4, -0.2) is 24.5 Å². The Kier molecular flexibility index (Phi) is 5.70. The highest BCUT2D eigenvalue weighted by Crippen LogP contribution is 2.31. The molecule has 4 heteroatoms. The van der Waals surface area contributed by atoms with Crippen molar-refractivity contribution in [1.82, 2.24) is 4.90 Å². The fraction of sp³-hybridized carbons (Fsp3) is 0.600. The van der Waals surface area contributed by atoms with Crippen LogP contribution < -0.4 is 5.73 Å². The monoisotopic (exact) mass is 344 g/mol. The predicted octanol–water partition coefficient (Wildman–Crippen LogP) is 4.22. The van der Waals surface area contributed by atoms with E-state index >= 15 is 0 Å². The number of nitrogens with two attached hydrogens (primary N) is 1. The van der Waals surface area contributed by atoms with Crippen LogP contribution in [0, 0.1) is 5.92 Å². The number of hydrogen-bond donors (Lipinski definition) is 1. The Bertz CT molecular complexity index is 425. The first kappa shape index (κ1) is 15.3. The third-order valence-corrected chi connectivity index (χ3v) is 4.96. The van der Waals surface area contributed by atoms with Crippen LogP contribution >= 0.6 is 27.5 Å². The largest absolute Gasteiger partial charge is 0.329 e. The average Bonchev–Trinajstić information content (AvgIpc) is 2.58. The van der Waals surface area contributed by atoms with Gasteiger partial charge in [0.1, 0.15) is 0 Å². The van der Waals surface area contributed by atoms with Gasteiger partial charge in [-0.15, -0.1) is 0 Å². The number of likely N-dealkylation sites (tertiary alicyclic amines) is 1. The molecule has 2 N–H and O–H groups in total. The minimum atomic E-state index is 0.289. The van der Waals surface area contributed by atoms with Crippen molar-refractivity contribution in [2.75, 3.05) is 19.6 Å². The van der Waals surface area contributed by atoms with E-state index in [0.717, 1.165) is 28.5 Å². The molecule has 0 amide bonds. The molecule has 0 saturated carbocycles. The summed E-state index contributed by atoms with van der Waals surface area (Å²) in [5.41, 5.74) is 7.28. The summed E-state index contributed by atoms with van der Waals surface area (Å²) in [6, 6.07) is 6.29. The van der Waals surface area contributed by atoms with Crippen molar-refractivity contribution in [3.05, 3.63) is 33.3 Å². The highest BCUT2D eigenvalue weighted by Gasteiger charge is 2.23. The van der Waals surface area contributed by atoms with Gasteiger partial charge in [-0.1, -0.05) is 40.5 Å². The maximum Gasteiger partial charge on any atom is 0.0481 e. The molecule has 1 aromatic rings. The summed E-state index contributed by atoms with van der Waals surface area (Å²) in [6.07, 6.45) is 3.86. The lowest BCUT2D eigenvalue weighted by Gasteiger charge is -2.30. The average molecular weight is 346 g/mol. The van der Waals surface area contributed by atoms with Crippen LogP contribution in [-0.2, 0) is 0 Å². The predicted molar refractivity (Wildman–Crippen MR) is 85.5 cm³/mol. The van der Waals surface area contributed by atoms with Gasteiger partial charge in [-0.3, -0.25) is 4.90 Å². The third-order valence-electron chi connectivity index (χ3n) is 4.04. The molecule has 2 nitrogen and oxygen atoms in total. The van der Waals surface area contributed by atoms with E-state index in [1.165, 1.54) is 24.8 Å². The van der Waals surface area contributed by atoms with Crippen LogP contribution in [0.4, 0.5) is 0 Å².